The van der Waals surface area contributed by atoms with Crippen molar-refractivity contribution in [2.75, 3.05) is 4.90 Å². The Morgan fingerprint density at radius 2 is 1.65 bits per heavy atom. The van der Waals surface area contributed by atoms with E-state index >= 15 is 0 Å². The monoisotopic (exact) mass is 514 g/mol. The summed E-state index contributed by atoms with van der Waals surface area (Å²) in [4.78, 5) is 39.2. The number of amides is 4. The Bertz CT molecular complexity index is 1350. The Kier molecular flexibility index (Phi) is 6.93. The van der Waals surface area contributed by atoms with Crippen molar-refractivity contribution in [3.8, 4) is 5.75 Å². The summed E-state index contributed by atoms with van der Waals surface area (Å²) in [7, 11) is 0. The molecule has 6 nitrogen and oxygen atoms in total. The third-order valence-electron chi connectivity index (χ3n) is 5.13. The summed E-state index contributed by atoms with van der Waals surface area (Å²) in [5, 5.41) is 3.53. The zero-order valence-corrected chi connectivity index (χ0v) is 20.0. The van der Waals surface area contributed by atoms with Crippen LogP contribution in [0.1, 0.15) is 16.7 Å². The van der Waals surface area contributed by atoms with Gasteiger partial charge in [-0.25, -0.2) is 9.69 Å². The van der Waals surface area contributed by atoms with E-state index in [2.05, 4.69) is 5.32 Å². The SMILES string of the molecule is Cc1ccccc1N1C(=O)NC(=O)/C(=C\c2cc(Cl)ccc2OCc2ccc(Cl)cc2Cl)C1=O. The van der Waals surface area contributed by atoms with Gasteiger partial charge in [-0.15, -0.1) is 0 Å². The maximum Gasteiger partial charge on any atom is 0.335 e. The molecule has 1 fully saturated rings. The van der Waals surface area contributed by atoms with Crippen LogP contribution in [0.5, 0.6) is 5.75 Å². The molecule has 0 unspecified atom stereocenters. The quantitative estimate of drug-likeness (QED) is 0.324. The van der Waals surface area contributed by atoms with Crippen LogP contribution in [0.15, 0.2) is 66.2 Å². The molecular formula is C25H17Cl3N2O4. The molecule has 0 atom stereocenters. The van der Waals surface area contributed by atoms with Gasteiger partial charge in [-0.2, -0.15) is 0 Å². The first-order valence-corrected chi connectivity index (χ1v) is 11.2. The van der Waals surface area contributed by atoms with Gasteiger partial charge in [0.05, 0.1) is 5.69 Å². The Morgan fingerprint density at radius 1 is 0.941 bits per heavy atom. The Labute approximate surface area is 210 Å². The summed E-state index contributed by atoms with van der Waals surface area (Å²) < 4.78 is 5.91. The molecule has 34 heavy (non-hydrogen) atoms. The normalized spacial score (nSPS) is 15.0. The van der Waals surface area contributed by atoms with Crippen LogP contribution in [0.2, 0.25) is 15.1 Å². The number of hydrogen-bond acceptors (Lipinski definition) is 4. The number of nitrogens with one attached hydrogen (secondary N) is 1. The minimum absolute atomic E-state index is 0.113. The standard InChI is InChI=1S/C25H17Cl3N2O4/c1-14-4-2-3-5-21(14)30-24(32)19(23(31)29-25(30)33)11-16-10-17(26)8-9-22(16)34-13-15-6-7-18(27)12-20(15)28/h2-12H,13H2,1H3,(H,29,31,33)/b19-11+. The number of hydrogen-bond donors (Lipinski definition) is 1. The van der Waals surface area contributed by atoms with Gasteiger partial charge in [0.1, 0.15) is 17.9 Å². The number of imide groups is 2. The van der Waals surface area contributed by atoms with Crippen molar-refractivity contribution in [2.45, 2.75) is 13.5 Å². The summed E-state index contributed by atoms with van der Waals surface area (Å²) in [6.07, 6.45) is 1.35. The van der Waals surface area contributed by atoms with Crippen molar-refractivity contribution in [1.29, 1.82) is 0 Å². The fourth-order valence-electron chi connectivity index (χ4n) is 3.40. The van der Waals surface area contributed by atoms with Gasteiger partial charge in [0.15, 0.2) is 0 Å². The van der Waals surface area contributed by atoms with E-state index in [0.717, 1.165) is 4.90 Å². The highest BCUT2D eigenvalue weighted by Gasteiger charge is 2.37. The number of nitrogens with zero attached hydrogens (tertiary/aromatic N) is 1. The summed E-state index contributed by atoms with van der Waals surface area (Å²) in [6.45, 7) is 1.88. The Hall–Kier alpha value is -3.32. The summed E-state index contributed by atoms with van der Waals surface area (Å²) >= 11 is 18.3. The maximum absolute atomic E-state index is 13.2. The van der Waals surface area contributed by atoms with Crippen molar-refractivity contribution in [1.82, 2.24) is 5.32 Å². The van der Waals surface area contributed by atoms with Gasteiger partial charge in [0, 0.05) is 26.2 Å². The molecule has 1 N–H and O–H groups in total. The second kappa shape index (κ2) is 9.89. The number of aryl methyl sites for hydroxylation is 1. The second-order valence-electron chi connectivity index (χ2n) is 7.45. The number of halogens is 3. The van der Waals surface area contributed by atoms with E-state index in [1.807, 2.05) is 0 Å². The average molecular weight is 516 g/mol. The van der Waals surface area contributed by atoms with Gasteiger partial charge >= 0.3 is 6.03 Å². The van der Waals surface area contributed by atoms with Crippen LogP contribution in [-0.4, -0.2) is 17.8 Å². The number of ether oxygens (including phenoxy) is 1. The highest BCUT2D eigenvalue weighted by Crippen LogP contribution is 2.30. The number of para-hydroxylation sites is 1. The van der Waals surface area contributed by atoms with Crippen LogP contribution >= 0.6 is 34.8 Å². The number of anilines is 1. The molecule has 1 heterocycles. The molecule has 1 aliphatic heterocycles. The fourth-order valence-corrected chi connectivity index (χ4v) is 4.05. The van der Waals surface area contributed by atoms with E-state index in [0.29, 0.717) is 43.2 Å². The van der Waals surface area contributed by atoms with Crippen molar-refractivity contribution >= 4 is 64.4 Å². The molecule has 0 spiro atoms. The van der Waals surface area contributed by atoms with Crippen molar-refractivity contribution in [3.63, 3.8) is 0 Å². The van der Waals surface area contributed by atoms with E-state index in [-0.39, 0.29) is 12.2 Å². The molecule has 0 aromatic heterocycles. The van der Waals surface area contributed by atoms with Crippen molar-refractivity contribution in [2.24, 2.45) is 0 Å². The number of carbonyl (C=O) groups is 3. The van der Waals surface area contributed by atoms with Crippen molar-refractivity contribution < 1.29 is 19.1 Å². The molecule has 0 aliphatic carbocycles. The molecule has 4 rings (SSSR count). The van der Waals surface area contributed by atoms with Crippen molar-refractivity contribution in [3.05, 3.63) is 98.0 Å². The third-order valence-corrected chi connectivity index (χ3v) is 5.95. The lowest BCUT2D eigenvalue weighted by molar-refractivity contribution is -0.122. The number of carbonyl (C=O) groups excluding carboxylic acids is 3. The van der Waals surface area contributed by atoms with Gasteiger partial charge in [-0.05, 0) is 55.0 Å². The maximum atomic E-state index is 13.2. The molecular weight excluding hydrogens is 499 g/mol. The van der Waals surface area contributed by atoms with Crippen LogP contribution in [0.3, 0.4) is 0 Å². The predicted octanol–water partition coefficient (Wildman–Crippen LogP) is 6.20. The Morgan fingerprint density at radius 3 is 2.38 bits per heavy atom. The van der Waals surface area contributed by atoms with E-state index in [1.54, 1.807) is 67.6 Å². The van der Waals surface area contributed by atoms with Gasteiger partial charge < -0.3 is 4.74 Å². The minimum Gasteiger partial charge on any atom is -0.488 e. The molecule has 0 bridgehead atoms. The average Bonchev–Trinajstić information content (AvgIpc) is 2.78. The molecule has 172 valence electrons. The first-order valence-electron chi connectivity index (χ1n) is 10.1. The highest BCUT2D eigenvalue weighted by molar-refractivity contribution is 6.39. The summed E-state index contributed by atoms with van der Waals surface area (Å²) in [6, 6.07) is 15.9. The van der Waals surface area contributed by atoms with E-state index in [1.165, 1.54) is 6.08 Å². The predicted molar refractivity (Wildman–Crippen MR) is 132 cm³/mol. The molecule has 4 amide bonds. The number of barbiturate groups is 1. The topological polar surface area (TPSA) is 75.7 Å². The van der Waals surface area contributed by atoms with Gasteiger partial charge in [-0.1, -0.05) is 59.1 Å². The molecule has 1 aliphatic rings. The van der Waals surface area contributed by atoms with Gasteiger partial charge in [-0.3, -0.25) is 14.9 Å². The van der Waals surface area contributed by atoms with Crippen LogP contribution in [-0.2, 0) is 16.2 Å². The zero-order valence-electron chi connectivity index (χ0n) is 17.8. The van der Waals surface area contributed by atoms with Crippen LogP contribution in [0.4, 0.5) is 10.5 Å². The molecule has 9 heteroatoms. The lowest BCUT2D eigenvalue weighted by Crippen LogP contribution is -2.54. The van der Waals surface area contributed by atoms with E-state index in [9.17, 15) is 14.4 Å². The minimum atomic E-state index is -0.818. The zero-order chi connectivity index (χ0) is 24.4. The first kappa shape index (κ1) is 23.8. The second-order valence-corrected chi connectivity index (χ2v) is 8.73. The van der Waals surface area contributed by atoms with E-state index < -0.39 is 17.8 Å². The fraction of sp³-hybridized carbons (Fsp3) is 0.0800. The van der Waals surface area contributed by atoms with Crippen LogP contribution in [0, 0.1) is 6.92 Å². The van der Waals surface area contributed by atoms with Gasteiger partial charge in [0.25, 0.3) is 11.8 Å². The number of benzene rings is 3. The molecule has 0 saturated carbocycles. The lowest BCUT2D eigenvalue weighted by atomic mass is 10.0. The molecule has 0 radical (unpaired) electrons. The highest BCUT2D eigenvalue weighted by atomic mass is 35.5. The number of rotatable bonds is 5. The molecule has 3 aromatic rings. The third kappa shape index (κ3) is 4.94. The van der Waals surface area contributed by atoms with E-state index in [4.69, 9.17) is 39.5 Å². The molecule has 3 aromatic carbocycles. The summed E-state index contributed by atoms with van der Waals surface area (Å²) in [5.74, 6) is -1.20. The largest absolute Gasteiger partial charge is 0.488 e. The first-order chi connectivity index (χ1) is 16.2. The summed E-state index contributed by atoms with van der Waals surface area (Å²) in [5.41, 5.74) is 1.92. The number of urea groups is 1. The smallest absolute Gasteiger partial charge is 0.335 e. The van der Waals surface area contributed by atoms with Gasteiger partial charge in [0.2, 0.25) is 0 Å². The molecule has 1 saturated heterocycles. The lowest BCUT2D eigenvalue weighted by Gasteiger charge is -2.27. The van der Waals surface area contributed by atoms with Crippen LogP contribution < -0.4 is 15.0 Å². The Balaban J connectivity index is 1.69. The van der Waals surface area contributed by atoms with Crippen LogP contribution in [0.25, 0.3) is 6.08 Å².